The molecule has 0 aromatic heterocycles. The number of rotatable bonds is 3. The van der Waals surface area contributed by atoms with E-state index in [0.717, 1.165) is 19.3 Å². The molecule has 2 amide bonds. The summed E-state index contributed by atoms with van der Waals surface area (Å²) in [6.07, 6.45) is 2.63. The summed E-state index contributed by atoms with van der Waals surface area (Å²) in [5, 5.41) is 13.6. The number of carboxylic acids is 1. The van der Waals surface area contributed by atoms with Crippen molar-refractivity contribution in [1.82, 2.24) is 10.6 Å². The number of aliphatic carboxylic acids is 1. The smallest absolute Gasteiger partial charge is 0.323 e. The molecule has 0 bridgehead atoms. The maximum Gasteiger partial charge on any atom is 0.323 e. The highest BCUT2D eigenvalue weighted by molar-refractivity contribution is 5.80. The molecule has 0 heterocycles. The van der Waals surface area contributed by atoms with Gasteiger partial charge in [-0.25, -0.2) is 4.79 Å². The predicted molar refractivity (Wildman–Crippen MR) is 66.4 cm³/mol. The summed E-state index contributed by atoms with van der Waals surface area (Å²) in [4.78, 5) is 21.8. The number of benzene rings is 1. The molecule has 0 spiro atoms. The highest BCUT2D eigenvalue weighted by Crippen LogP contribution is 2.20. The summed E-state index contributed by atoms with van der Waals surface area (Å²) in [6, 6.07) is 7.85. The maximum absolute atomic E-state index is 11.4. The Morgan fingerprint density at radius 3 is 2.72 bits per heavy atom. The summed E-state index contributed by atoms with van der Waals surface area (Å²) in [5.41, 5.74) is 2.59. The Labute approximate surface area is 105 Å². The van der Waals surface area contributed by atoms with E-state index in [0.29, 0.717) is 0 Å². The van der Waals surface area contributed by atoms with Crippen molar-refractivity contribution in [3.8, 4) is 0 Å². The molecule has 1 aliphatic carbocycles. The zero-order valence-corrected chi connectivity index (χ0v) is 9.98. The first-order chi connectivity index (χ1) is 8.65. The minimum Gasteiger partial charge on any atom is -0.480 e. The minimum atomic E-state index is -1.04. The van der Waals surface area contributed by atoms with Gasteiger partial charge in [0.2, 0.25) is 0 Å². The fourth-order valence-corrected chi connectivity index (χ4v) is 2.21. The average Bonchev–Trinajstić information content (AvgIpc) is 2.36. The van der Waals surface area contributed by atoms with Crippen molar-refractivity contribution in [2.75, 3.05) is 6.54 Å². The third-order valence-electron chi connectivity index (χ3n) is 3.08. The number of carbonyl (C=O) groups is 2. The number of urea groups is 1. The number of carboxylic acid groups (broad SMARTS) is 1. The molecule has 1 aromatic rings. The molecule has 5 nitrogen and oxygen atoms in total. The van der Waals surface area contributed by atoms with Gasteiger partial charge in [0, 0.05) is 6.04 Å². The van der Waals surface area contributed by atoms with Crippen LogP contribution < -0.4 is 10.6 Å². The number of fused-ring (bicyclic) bond motifs is 1. The standard InChI is InChI=1S/C13H16N2O3/c16-12(17)8-14-13(18)15-11-6-5-9-3-1-2-4-10(9)7-11/h1-4,11H,5-8H2,(H,16,17)(H2,14,15,18). The summed E-state index contributed by atoms with van der Waals surface area (Å²) in [6.45, 7) is -0.352. The zero-order valence-electron chi connectivity index (χ0n) is 9.98. The quantitative estimate of drug-likeness (QED) is 0.744. The van der Waals surface area contributed by atoms with Crippen LogP contribution in [0.4, 0.5) is 4.79 Å². The lowest BCUT2D eigenvalue weighted by atomic mass is 9.88. The molecular formula is C13H16N2O3. The van der Waals surface area contributed by atoms with Crippen molar-refractivity contribution in [2.45, 2.75) is 25.3 Å². The fourth-order valence-electron chi connectivity index (χ4n) is 2.21. The van der Waals surface area contributed by atoms with Crippen LogP contribution in [0.1, 0.15) is 17.5 Å². The zero-order chi connectivity index (χ0) is 13.0. The van der Waals surface area contributed by atoms with Crippen LogP contribution in [-0.2, 0) is 17.6 Å². The number of nitrogens with one attached hydrogen (secondary N) is 2. The van der Waals surface area contributed by atoms with Gasteiger partial charge in [0.25, 0.3) is 0 Å². The molecular weight excluding hydrogens is 232 g/mol. The van der Waals surface area contributed by atoms with Gasteiger partial charge in [-0.1, -0.05) is 24.3 Å². The highest BCUT2D eigenvalue weighted by Gasteiger charge is 2.19. The predicted octanol–water partition coefficient (Wildman–Crippen LogP) is 0.928. The van der Waals surface area contributed by atoms with Crippen LogP contribution in [0.15, 0.2) is 24.3 Å². The van der Waals surface area contributed by atoms with Gasteiger partial charge < -0.3 is 15.7 Å². The number of carbonyl (C=O) groups excluding carboxylic acids is 1. The normalized spacial score (nSPS) is 17.7. The third-order valence-corrected chi connectivity index (χ3v) is 3.08. The van der Waals surface area contributed by atoms with E-state index in [9.17, 15) is 9.59 Å². The highest BCUT2D eigenvalue weighted by atomic mass is 16.4. The SMILES string of the molecule is O=C(O)CNC(=O)NC1CCc2ccccc2C1. The minimum absolute atomic E-state index is 0.0775. The Kier molecular flexibility index (Phi) is 3.82. The van der Waals surface area contributed by atoms with Crippen molar-refractivity contribution < 1.29 is 14.7 Å². The van der Waals surface area contributed by atoms with E-state index in [2.05, 4.69) is 22.8 Å². The van der Waals surface area contributed by atoms with Crippen molar-refractivity contribution in [3.05, 3.63) is 35.4 Å². The second-order valence-electron chi connectivity index (χ2n) is 4.43. The van der Waals surface area contributed by atoms with E-state index >= 15 is 0 Å². The van der Waals surface area contributed by atoms with Crippen molar-refractivity contribution in [3.63, 3.8) is 0 Å². The van der Waals surface area contributed by atoms with Gasteiger partial charge in [0.05, 0.1) is 0 Å². The number of hydrogen-bond acceptors (Lipinski definition) is 2. The van der Waals surface area contributed by atoms with Crippen molar-refractivity contribution in [1.29, 1.82) is 0 Å². The lowest BCUT2D eigenvalue weighted by Crippen LogP contribution is -2.45. The van der Waals surface area contributed by atoms with Gasteiger partial charge in [-0.05, 0) is 30.4 Å². The largest absolute Gasteiger partial charge is 0.480 e. The summed E-state index contributed by atoms with van der Waals surface area (Å²) >= 11 is 0. The van der Waals surface area contributed by atoms with E-state index < -0.39 is 12.0 Å². The van der Waals surface area contributed by atoms with Gasteiger partial charge in [-0.2, -0.15) is 0 Å². The first-order valence-corrected chi connectivity index (χ1v) is 5.98. The van der Waals surface area contributed by atoms with Crippen LogP contribution in [0.2, 0.25) is 0 Å². The summed E-state index contributed by atoms with van der Waals surface area (Å²) < 4.78 is 0. The lowest BCUT2D eigenvalue weighted by Gasteiger charge is -2.25. The number of aryl methyl sites for hydroxylation is 1. The molecule has 1 aliphatic rings. The summed E-state index contributed by atoms with van der Waals surface area (Å²) in [7, 11) is 0. The Morgan fingerprint density at radius 1 is 1.28 bits per heavy atom. The molecule has 2 rings (SSSR count). The molecule has 1 unspecified atom stereocenters. The maximum atomic E-state index is 11.4. The van der Waals surface area contributed by atoms with Gasteiger partial charge in [0.1, 0.15) is 6.54 Å². The van der Waals surface area contributed by atoms with Crippen LogP contribution in [0.3, 0.4) is 0 Å². The molecule has 0 saturated carbocycles. The Morgan fingerprint density at radius 2 is 2.00 bits per heavy atom. The van der Waals surface area contributed by atoms with E-state index in [1.807, 2.05) is 12.1 Å². The summed E-state index contributed by atoms with van der Waals surface area (Å²) in [5.74, 6) is -1.04. The van der Waals surface area contributed by atoms with Crippen molar-refractivity contribution >= 4 is 12.0 Å². The topological polar surface area (TPSA) is 78.4 Å². The molecule has 3 N–H and O–H groups in total. The molecule has 96 valence electrons. The molecule has 0 radical (unpaired) electrons. The first-order valence-electron chi connectivity index (χ1n) is 5.98. The Hall–Kier alpha value is -2.04. The third kappa shape index (κ3) is 3.23. The van der Waals surface area contributed by atoms with E-state index in [1.54, 1.807) is 0 Å². The van der Waals surface area contributed by atoms with Crippen LogP contribution in [0.5, 0.6) is 0 Å². The lowest BCUT2D eigenvalue weighted by molar-refractivity contribution is -0.135. The Bertz CT molecular complexity index is 459. The molecule has 1 aromatic carbocycles. The molecule has 0 saturated heterocycles. The monoisotopic (exact) mass is 248 g/mol. The molecule has 1 atom stereocenters. The molecule has 0 aliphatic heterocycles. The second kappa shape index (κ2) is 5.53. The fraction of sp³-hybridized carbons (Fsp3) is 0.385. The number of amides is 2. The van der Waals surface area contributed by atoms with Crippen LogP contribution in [0.25, 0.3) is 0 Å². The van der Waals surface area contributed by atoms with Gasteiger partial charge in [-0.15, -0.1) is 0 Å². The van der Waals surface area contributed by atoms with Crippen molar-refractivity contribution in [2.24, 2.45) is 0 Å². The van der Waals surface area contributed by atoms with Gasteiger partial charge in [-0.3, -0.25) is 4.79 Å². The molecule has 18 heavy (non-hydrogen) atoms. The van der Waals surface area contributed by atoms with Crippen LogP contribution in [0, 0.1) is 0 Å². The Balaban J connectivity index is 1.86. The molecule has 5 heteroatoms. The van der Waals surface area contributed by atoms with Gasteiger partial charge >= 0.3 is 12.0 Å². The number of hydrogen-bond donors (Lipinski definition) is 3. The van der Waals surface area contributed by atoms with E-state index in [-0.39, 0.29) is 12.6 Å². The molecule has 0 fully saturated rings. The second-order valence-corrected chi connectivity index (χ2v) is 4.43. The van der Waals surface area contributed by atoms with E-state index in [1.165, 1.54) is 11.1 Å². The van der Waals surface area contributed by atoms with Gasteiger partial charge in [0.15, 0.2) is 0 Å². The first kappa shape index (κ1) is 12.4. The average molecular weight is 248 g/mol. The van der Waals surface area contributed by atoms with Crippen LogP contribution >= 0.6 is 0 Å². The van der Waals surface area contributed by atoms with E-state index in [4.69, 9.17) is 5.11 Å². The van der Waals surface area contributed by atoms with Crippen LogP contribution in [-0.4, -0.2) is 29.7 Å².